The van der Waals surface area contributed by atoms with Crippen LogP contribution >= 0.6 is 22.6 Å². The highest BCUT2D eigenvalue weighted by Gasteiger charge is 2.12. The van der Waals surface area contributed by atoms with Crippen molar-refractivity contribution in [1.29, 1.82) is 0 Å². The van der Waals surface area contributed by atoms with E-state index in [1.165, 1.54) is 63.8 Å². The van der Waals surface area contributed by atoms with Crippen molar-refractivity contribution in [3.8, 4) is 5.30 Å². The van der Waals surface area contributed by atoms with Gasteiger partial charge in [-0.15, -0.1) is 0 Å². The lowest BCUT2D eigenvalue weighted by molar-refractivity contribution is 1.79. The zero-order valence-corrected chi connectivity index (χ0v) is 17.8. The van der Waals surface area contributed by atoms with Gasteiger partial charge in [-0.3, -0.25) is 0 Å². The van der Waals surface area contributed by atoms with Crippen LogP contribution in [0, 0.1) is 0 Å². The molecule has 0 aliphatic carbocycles. The van der Waals surface area contributed by atoms with E-state index in [9.17, 15) is 0 Å². The largest absolute Gasteiger partial charge is 0.208 e. The second kappa shape index (κ2) is 6.62. The molecule has 6 rings (SSSR count). The third-order valence-corrected chi connectivity index (χ3v) is 12.4. The minimum atomic E-state index is -0.245. The van der Waals surface area contributed by atoms with Crippen LogP contribution in [0.5, 0.6) is 0 Å². The standard InChI is InChI=1S/C25H16P3/c1-2-6-18-15-22-20(13-17(18)5-1)9-10-21-14-19-7-3-8-25(24(19)16-23(21)22)28-12-4-11-26-27-28/h1-16H/q+1. The van der Waals surface area contributed by atoms with Gasteiger partial charge in [0.25, 0.3) is 0 Å². The third-order valence-electron chi connectivity index (χ3n) is 5.45. The lowest BCUT2D eigenvalue weighted by atomic mass is 9.96. The summed E-state index contributed by atoms with van der Waals surface area (Å²) in [6.07, 6.45) is 0. The molecule has 0 saturated carbocycles. The van der Waals surface area contributed by atoms with E-state index < -0.39 is 0 Å². The Kier molecular flexibility index (Phi) is 3.92. The SMILES string of the molecule is c1ccc2cc3c(ccc4cc5cccc(-[p+]6cccpp6)c5cc43)cc2c1. The van der Waals surface area contributed by atoms with Crippen LogP contribution in [0.4, 0.5) is 0 Å². The molecule has 6 aromatic rings. The van der Waals surface area contributed by atoms with E-state index in [2.05, 4.69) is 96.5 Å². The van der Waals surface area contributed by atoms with Gasteiger partial charge in [0.05, 0.1) is 18.3 Å². The molecule has 0 radical (unpaired) electrons. The quantitative estimate of drug-likeness (QED) is 0.187. The number of hydrogen-bond donors (Lipinski definition) is 0. The molecule has 1 unspecified atom stereocenters. The number of hydrogen-bond acceptors (Lipinski definition) is 0. The molecule has 5 aromatic carbocycles. The first-order valence-electron chi connectivity index (χ1n) is 9.35. The highest BCUT2D eigenvalue weighted by atomic mass is 32.2. The molecule has 1 atom stereocenters. The van der Waals surface area contributed by atoms with E-state index in [4.69, 9.17) is 0 Å². The molecular weight excluding hydrogens is 393 g/mol. The normalized spacial score (nSPS) is 12.8. The summed E-state index contributed by atoms with van der Waals surface area (Å²) in [7, 11) is 2.67. The molecule has 0 saturated heterocycles. The summed E-state index contributed by atoms with van der Waals surface area (Å²) >= 11 is 0. The molecule has 0 bridgehead atoms. The molecule has 0 spiro atoms. The van der Waals surface area contributed by atoms with Crippen molar-refractivity contribution in [1.82, 2.24) is 0 Å². The van der Waals surface area contributed by atoms with E-state index >= 15 is 0 Å². The predicted octanol–water partition coefficient (Wildman–Crippen LogP) is 9.72. The highest BCUT2D eigenvalue weighted by molar-refractivity contribution is 8.23. The molecule has 0 N–H and O–H groups in total. The van der Waals surface area contributed by atoms with Gasteiger partial charge in [-0.2, -0.15) is 0 Å². The number of benzene rings is 5. The number of rotatable bonds is 1. The van der Waals surface area contributed by atoms with Gasteiger partial charge in [-0.25, -0.2) is 0 Å². The predicted molar refractivity (Wildman–Crippen MR) is 130 cm³/mol. The topological polar surface area (TPSA) is 0 Å². The Morgan fingerprint density at radius 1 is 0.536 bits per heavy atom. The lowest BCUT2D eigenvalue weighted by Gasteiger charge is -2.09. The Hall–Kier alpha value is -2.35. The van der Waals surface area contributed by atoms with E-state index in [0.717, 1.165) is 0 Å². The van der Waals surface area contributed by atoms with Crippen LogP contribution in [0.1, 0.15) is 0 Å². The van der Waals surface area contributed by atoms with Gasteiger partial charge in [0, 0.05) is 11.2 Å². The van der Waals surface area contributed by atoms with Gasteiger partial charge in [0.2, 0.25) is 7.55 Å². The average molecular weight is 409 g/mol. The van der Waals surface area contributed by atoms with Crippen molar-refractivity contribution in [2.45, 2.75) is 0 Å². The molecule has 1 aromatic heterocycles. The van der Waals surface area contributed by atoms with Crippen LogP contribution < -0.4 is 0 Å². The van der Waals surface area contributed by atoms with Gasteiger partial charge in [-0.05, 0) is 74.1 Å². The summed E-state index contributed by atoms with van der Waals surface area (Å²) in [5.74, 6) is 4.66. The monoisotopic (exact) mass is 409 g/mol. The first-order chi connectivity index (χ1) is 13.9. The maximum absolute atomic E-state index is 2.44. The van der Waals surface area contributed by atoms with Gasteiger partial charge >= 0.3 is 0 Å². The fraction of sp³-hybridized carbons (Fsp3) is 0. The summed E-state index contributed by atoms with van der Waals surface area (Å²) < 4.78 is 0. The van der Waals surface area contributed by atoms with Crippen LogP contribution in [0.15, 0.2) is 96.5 Å². The van der Waals surface area contributed by atoms with Gasteiger partial charge in [0.15, 0.2) is 7.87 Å². The molecule has 3 heteroatoms. The molecule has 28 heavy (non-hydrogen) atoms. The second-order valence-corrected chi connectivity index (χ2v) is 13.4. The number of fused-ring (bicyclic) bond motifs is 5. The van der Waals surface area contributed by atoms with Crippen LogP contribution in [-0.4, -0.2) is 0 Å². The van der Waals surface area contributed by atoms with Gasteiger partial charge < -0.3 is 0 Å². The Morgan fingerprint density at radius 3 is 2.00 bits per heavy atom. The zero-order valence-electron chi connectivity index (χ0n) is 15.1. The van der Waals surface area contributed by atoms with E-state index in [1.54, 1.807) is 0 Å². The molecule has 0 amide bonds. The maximum atomic E-state index is 2.44. The molecule has 1 heterocycles. The highest BCUT2D eigenvalue weighted by Crippen LogP contribution is 2.53. The van der Waals surface area contributed by atoms with Crippen LogP contribution in [0.25, 0.3) is 48.4 Å². The molecule has 0 aliphatic heterocycles. The second-order valence-electron chi connectivity index (χ2n) is 7.10. The summed E-state index contributed by atoms with van der Waals surface area (Å²) in [5.41, 5.74) is 0. The van der Waals surface area contributed by atoms with Crippen molar-refractivity contribution in [2.75, 3.05) is 0 Å². The third kappa shape index (κ3) is 2.65. The Labute approximate surface area is 167 Å². The van der Waals surface area contributed by atoms with Crippen molar-refractivity contribution >= 4 is 65.7 Å². The zero-order chi connectivity index (χ0) is 18.5. The average Bonchev–Trinajstić information content (AvgIpc) is 2.76. The van der Waals surface area contributed by atoms with E-state index in [1.807, 2.05) is 0 Å². The van der Waals surface area contributed by atoms with Crippen LogP contribution in [0.3, 0.4) is 0 Å². The van der Waals surface area contributed by atoms with Gasteiger partial charge in [-0.1, -0.05) is 48.5 Å². The van der Waals surface area contributed by atoms with Crippen LogP contribution in [0.2, 0.25) is 0 Å². The fourth-order valence-electron chi connectivity index (χ4n) is 4.11. The smallest absolute Gasteiger partial charge is 0.0616 e. The van der Waals surface area contributed by atoms with Crippen molar-refractivity contribution in [3.05, 3.63) is 96.5 Å². The van der Waals surface area contributed by atoms with Crippen molar-refractivity contribution in [3.63, 3.8) is 0 Å². The summed E-state index contributed by atoms with van der Waals surface area (Å²) in [6.45, 7) is 0. The van der Waals surface area contributed by atoms with Crippen LogP contribution in [-0.2, 0) is 0 Å². The van der Waals surface area contributed by atoms with Gasteiger partial charge in [0.1, 0.15) is 0 Å². The fourth-order valence-corrected chi connectivity index (χ4v) is 10.7. The lowest BCUT2D eigenvalue weighted by Crippen LogP contribution is -1.82. The first-order valence-corrected chi connectivity index (χ1v) is 14.0. The molecular formula is C25H16P3+. The summed E-state index contributed by atoms with van der Waals surface area (Å²) in [5, 5.41) is 12.2. The maximum Gasteiger partial charge on any atom is 0.208 e. The van der Waals surface area contributed by atoms with Crippen molar-refractivity contribution in [2.24, 2.45) is 0 Å². The molecule has 0 nitrogen and oxygen atoms in total. The minimum Gasteiger partial charge on any atom is -0.0616 e. The minimum absolute atomic E-state index is 0.245. The Bertz CT molecular complexity index is 1500. The van der Waals surface area contributed by atoms with E-state index in [0.29, 0.717) is 0 Å². The first kappa shape index (κ1) is 16.6. The Morgan fingerprint density at radius 2 is 1.21 bits per heavy atom. The summed E-state index contributed by atoms with van der Waals surface area (Å²) in [6, 6.07) is 31.7. The van der Waals surface area contributed by atoms with E-state index in [-0.39, 0.29) is 7.21 Å². The summed E-state index contributed by atoms with van der Waals surface area (Å²) in [4.78, 5) is 0. The van der Waals surface area contributed by atoms with Crippen molar-refractivity contribution < 1.29 is 0 Å². The molecule has 0 fully saturated rings. The Balaban J connectivity index is 1.75. The molecule has 0 aliphatic rings. The molecule has 130 valence electrons.